The Kier molecular flexibility index (Phi) is 4.97. The normalized spacial score (nSPS) is 31.9. The third-order valence-electron chi connectivity index (χ3n) is 6.87. The van der Waals surface area contributed by atoms with Crippen LogP contribution in [0.25, 0.3) is 10.9 Å². The number of ether oxygens (including phenoxy) is 3. The lowest BCUT2D eigenvalue weighted by Gasteiger charge is -2.20. The van der Waals surface area contributed by atoms with Gasteiger partial charge >= 0.3 is 11.9 Å². The Balaban J connectivity index is 1.23. The summed E-state index contributed by atoms with van der Waals surface area (Å²) in [5, 5.41) is 1.04. The summed E-state index contributed by atoms with van der Waals surface area (Å²) in [4.78, 5) is 27.8. The summed E-state index contributed by atoms with van der Waals surface area (Å²) in [6.07, 6.45) is 7.10. The number of H-pyrrole nitrogens is 1. The molecule has 0 bridgehead atoms. The first-order valence-electron chi connectivity index (χ1n) is 10.9. The van der Waals surface area contributed by atoms with Gasteiger partial charge < -0.3 is 19.2 Å². The molecule has 3 heterocycles. The third-order valence-corrected chi connectivity index (χ3v) is 6.87. The number of fused-ring (bicyclic) bond motifs is 4. The average molecular weight is 421 g/mol. The Bertz CT molecular complexity index is 1080. The summed E-state index contributed by atoms with van der Waals surface area (Å²) < 4.78 is 17.1. The lowest BCUT2D eigenvalue weighted by atomic mass is 9.84. The van der Waals surface area contributed by atoms with Crippen LogP contribution in [0.4, 0.5) is 0 Å². The summed E-state index contributed by atoms with van der Waals surface area (Å²) in [5.41, 5.74) is 3.28. The number of allylic oxidation sites excluding steroid dienone is 1. The van der Waals surface area contributed by atoms with Crippen molar-refractivity contribution in [2.75, 3.05) is 6.61 Å². The van der Waals surface area contributed by atoms with Crippen molar-refractivity contribution in [1.82, 2.24) is 4.98 Å². The molecule has 6 heteroatoms. The van der Waals surface area contributed by atoms with Crippen LogP contribution in [0.3, 0.4) is 0 Å². The molecule has 1 aromatic heterocycles. The molecular formula is C25H27NO5. The second-order valence-corrected chi connectivity index (χ2v) is 8.99. The summed E-state index contributed by atoms with van der Waals surface area (Å²) in [6, 6.07) is 7.91. The zero-order chi connectivity index (χ0) is 21.6. The van der Waals surface area contributed by atoms with Gasteiger partial charge in [0, 0.05) is 28.6 Å². The molecule has 0 saturated carbocycles. The first-order valence-corrected chi connectivity index (χ1v) is 10.9. The molecule has 1 aliphatic carbocycles. The predicted octanol–water partition coefficient (Wildman–Crippen LogP) is 4.01. The van der Waals surface area contributed by atoms with Gasteiger partial charge in [-0.2, -0.15) is 0 Å². The Morgan fingerprint density at radius 3 is 3.06 bits per heavy atom. The fraction of sp³-hybridized carbons (Fsp3) is 0.440. The molecule has 0 unspecified atom stereocenters. The highest BCUT2D eigenvalue weighted by Gasteiger charge is 2.61. The van der Waals surface area contributed by atoms with Gasteiger partial charge in [-0.05, 0) is 49.8 Å². The summed E-state index contributed by atoms with van der Waals surface area (Å²) in [7, 11) is 0. The molecule has 2 saturated heterocycles. The summed E-state index contributed by atoms with van der Waals surface area (Å²) >= 11 is 0. The SMILES string of the molecule is C=C1C(=O)O[C@@H]2[C@H]3O[C@]3(C)CC/C=C(/COC(=O)Cc3c[nH]c4ccccc34)CC[C@@H]12. The first-order chi connectivity index (χ1) is 14.9. The lowest BCUT2D eigenvalue weighted by Crippen LogP contribution is -2.29. The molecule has 1 N–H and O–H groups in total. The number of rotatable bonds is 4. The Labute approximate surface area is 181 Å². The van der Waals surface area contributed by atoms with E-state index < -0.39 is 0 Å². The zero-order valence-electron chi connectivity index (χ0n) is 17.7. The van der Waals surface area contributed by atoms with Crippen LogP contribution in [0.15, 0.2) is 54.3 Å². The van der Waals surface area contributed by atoms with Crippen LogP contribution in [0.5, 0.6) is 0 Å². The molecule has 1 aromatic carbocycles. The number of carbonyl (C=O) groups excluding carboxylic acids is 2. The van der Waals surface area contributed by atoms with Gasteiger partial charge in [0.1, 0.15) is 18.8 Å². The minimum Gasteiger partial charge on any atom is -0.461 e. The molecule has 0 spiro atoms. The molecule has 5 rings (SSSR count). The second kappa shape index (κ2) is 7.68. The molecule has 162 valence electrons. The number of nitrogens with one attached hydrogen (secondary N) is 1. The van der Waals surface area contributed by atoms with Crippen LogP contribution in [0, 0.1) is 5.92 Å². The first kappa shape index (κ1) is 20.1. The number of carbonyl (C=O) groups is 2. The van der Waals surface area contributed by atoms with E-state index in [1.54, 1.807) is 0 Å². The summed E-state index contributed by atoms with van der Waals surface area (Å²) in [6.45, 7) is 6.28. The van der Waals surface area contributed by atoms with Gasteiger partial charge in [0.05, 0.1) is 12.0 Å². The van der Waals surface area contributed by atoms with Crippen LogP contribution < -0.4 is 0 Å². The second-order valence-electron chi connectivity index (χ2n) is 8.99. The van der Waals surface area contributed by atoms with Crippen molar-refractivity contribution in [3.8, 4) is 0 Å². The maximum Gasteiger partial charge on any atom is 0.334 e. The fourth-order valence-electron chi connectivity index (χ4n) is 4.91. The number of para-hydroxylation sites is 1. The predicted molar refractivity (Wildman–Crippen MR) is 115 cm³/mol. The minimum atomic E-state index is -0.317. The van der Waals surface area contributed by atoms with E-state index in [2.05, 4.69) is 24.6 Å². The molecule has 2 aliphatic heterocycles. The molecule has 31 heavy (non-hydrogen) atoms. The molecule has 0 amide bonds. The van der Waals surface area contributed by atoms with E-state index in [-0.39, 0.29) is 48.7 Å². The summed E-state index contributed by atoms with van der Waals surface area (Å²) in [5.74, 6) is -0.618. The molecule has 2 fully saturated rings. The highest BCUT2D eigenvalue weighted by Crippen LogP contribution is 2.49. The van der Waals surface area contributed by atoms with Crippen LogP contribution in [-0.4, -0.2) is 41.3 Å². The number of hydrogen-bond donors (Lipinski definition) is 1. The zero-order valence-corrected chi connectivity index (χ0v) is 17.7. The van der Waals surface area contributed by atoms with E-state index in [4.69, 9.17) is 14.2 Å². The van der Waals surface area contributed by atoms with Crippen molar-refractivity contribution in [3.05, 3.63) is 59.8 Å². The van der Waals surface area contributed by atoms with Gasteiger partial charge in [0.25, 0.3) is 0 Å². The van der Waals surface area contributed by atoms with Gasteiger partial charge in [0.2, 0.25) is 0 Å². The molecular weight excluding hydrogens is 394 g/mol. The number of aromatic amines is 1. The maximum atomic E-state index is 12.5. The topological polar surface area (TPSA) is 80.9 Å². The van der Waals surface area contributed by atoms with E-state index in [1.165, 1.54) is 0 Å². The number of aromatic nitrogens is 1. The van der Waals surface area contributed by atoms with Gasteiger partial charge in [-0.3, -0.25) is 4.79 Å². The van der Waals surface area contributed by atoms with Crippen molar-refractivity contribution in [1.29, 1.82) is 0 Å². The van der Waals surface area contributed by atoms with Crippen LogP contribution in [0.2, 0.25) is 0 Å². The van der Waals surface area contributed by atoms with Gasteiger partial charge in [-0.25, -0.2) is 4.79 Å². The van der Waals surface area contributed by atoms with Crippen LogP contribution in [0.1, 0.15) is 38.2 Å². The van der Waals surface area contributed by atoms with Gasteiger partial charge in [-0.15, -0.1) is 0 Å². The Morgan fingerprint density at radius 1 is 1.35 bits per heavy atom. The average Bonchev–Trinajstić information content (AvgIpc) is 3.12. The number of epoxide rings is 1. The monoisotopic (exact) mass is 421 g/mol. The van der Waals surface area contributed by atoms with Gasteiger partial charge in [-0.1, -0.05) is 30.9 Å². The highest BCUT2D eigenvalue weighted by atomic mass is 16.6. The third kappa shape index (κ3) is 3.81. The Morgan fingerprint density at radius 2 is 2.19 bits per heavy atom. The van der Waals surface area contributed by atoms with Crippen molar-refractivity contribution in [2.24, 2.45) is 5.92 Å². The van der Waals surface area contributed by atoms with E-state index in [0.29, 0.717) is 5.57 Å². The molecule has 4 atom stereocenters. The highest BCUT2D eigenvalue weighted by molar-refractivity contribution is 5.91. The van der Waals surface area contributed by atoms with E-state index in [1.807, 2.05) is 30.5 Å². The molecule has 0 radical (unpaired) electrons. The van der Waals surface area contributed by atoms with Crippen molar-refractivity contribution in [2.45, 2.75) is 56.8 Å². The van der Waals surface area contributed by atoms with Crippen molar-refractivity contribution in [3.63, 3.8) is 0 Å². The fourth-order valence-corrected chi connectivity index (χ4v) is 4.91. The largest absolute Gasteiger partial charge is 0.461 e. The Hall–Kier alpha value is -2.86. The van der Waals surface area contributed by atoms with E-state index >= 15 is 0 Å². The lowest BCUT2D eigenvalue weighted by molar-refractivity contribution is -0.142. The van der Waals surface area contributed by atoms with Crippen LogP contribution in [-0.2, 0) is 30.2 Å². The minimum absolute atomic E-state index is 0.0512. The quantitative estimate of drug-likeness (QED) is 0.349. The molecule has 6 nitrogen and oxygen atoms in total. The number of hydrogen-bond acceptors (Lipinski definition) is 5. The van der Waals surface area contributed by atoms with Crippen molar-refractivity contribution >= 4 is 22.8 Å². The molecule has 3 aliphatic rings. The van der Waals surface area contributed by atoms with Crippen LogP contribution >= 0.6 is 0 Å². The van der Waals surface area contributed by atoms with E-state index in [9.17, 15) is 9.59 Å². The molecule has 2 aromatic rings. The van der Waals surface area contributed by atoms with E-state index in [0.717, 1.165) is 47.7 Å². The van der Waals surface area contributed by atoms with Gasteiger partial charge in [0.15, 0.2) is 0 Å². The smallest absolute Gasteiger partial charge is 0.334 e. The standard InChI is InChI=1S/C25H27NO5/c1-15-18-10-9-16(6-5-11-25(2)23(31-25)22(18)30-24(15)28)14-29-21(27)12-17-13-26-20-8-4-3-7-19(17)20/h3-4,6-8,13,18,22-23,26H,1,5,9-12,14H2,2H3/b16-6+/t18-,22-,23+,25+/m0/s1. The number of benzene rings is 1. The van der Waals surface area contributed by atoms with Crippen molar-refractivity contribution < 1.29 is 23.8 Å². The maximum absolute atomic E-state index is 12.5. The number of esters is 2.